The first-order valence-electron chi connectivity index (χ1n) is 7.74. The van der Waals surface area contributed by atoms with Crippen molar-refractivity contribution >= 4 is 11.6 Å². The highest BCUT2D eigenvalue weighted by Crippen LogP contribution is 2.35. The number of anilines is 1. The van der Waals surface area contributed by atoms with Crippen LogP contribution in [0.15, 0.2) is 18.2 Å². The second-order valence-corrected chi connectivity index (χ2v) is 6.65. The Morgan fingerprint density at radius 1 is 1.43 bits per heavy atom. The molecular formula is C17H26N2O2. The molecular weight excluding hydrogens is 264 g/mol. The summed E-state index contributed by atoms with van der Waals surface area (Å²) in [6.07, 6.45) is 4.47. The van der Waals surface area contributed by atoms with E-state index in [1.165, 1.54) is 12.8 Å². The van der Waals surface area contributed by atoms with Crippen LogP contribution < -0.4 is 15.8 Å². The van der Waals surface area contributed by atoms with Crippen LogP contribution in [0.3, 0.4) is 0 Å². The second-order valence-electron chi connectivity index (χ2n) is 6.65. The van der Waals surface area contributed by atoms with Crippen LogP contribution in [0.4, 0.5) is 5.69 Å². The summed E-state index contributed by atoms with van der Waals surface area (Å²) in [7, 11) is 0. The smallest absolute Gasteiger partial charge is 0.251 e. The maximum atomic E-state index is 12.4. The van der Waals surface area contributed by atoms with Crippen molar-refractivity contribution in [3.8, 4) is 5.75 Å². The molecule has 1 aromatic rings. The van der Waals surface area contributed by atoms with E-state index in [0.29, 0.717) is 29.0 Å². The standard InChI is InChI=1S/C17H26N2O2/c1-4-21-15-9-12(8-13(18)10-15)16(20)19-14-6-5-7-17(2,3)11-14/h8-10,14H,4-7,11,18H2,1-3H3,(H,19,20). The third-order valence-corrected chi connectivity index (χ3v) is 4.04. The van der Waals surface area contributed by atoms with Crippen molar-refractivity contribution in [1.29, 1.82) is 0 Å². The van der Waals surface area contributed by atoms with Gasteiger partial charge in [-0.15, -0.1) is 0 Å². The number of rotatable bonds is 4. The molecule has 1 aliphatic rings. The Morgan fingerprint density at radius 3 is 2.86 bits per heavy atom. The van der Waals surface area contributed by atoms with Crippen LogP contribution in [0.5, 0.6) is 5.75 Å². The van der Waals surface area contributed by atoms with E-state index in [1.807, 2.05) is 6.92 Å². The average Bonchev–Trinajstić information content (AvgIpc) is 2.37. The van der Waals surface area contributed by atoms with Gasteiger partial charge in [-0.05, 0) is 43.7 Å². The van der Waals surface area contributed by atoms with E-state index in [1.54, 1.807) is 18.2 Å². The predicted molar refractivity (Wildman–Crippen MR) is 85.5 cm³/mol. The molecule has 4 nitrogen and oxygen atoms in total. The number of hydrogen-bond donors (Lipinski definition) is 2. The van der Waals surface area contributed by atoms with Crippen molar-refractivity contribution in [2.75, 3.05) is 12.3 Å². The van der Waals surface area contributed by atoms with Crippen molar-refractivity contribution in [3.63, 3.8) is 0 Å². The molecule has 0 heterocycles. The highest BCUT2D eigenvalue weighted by molar-refractivity contribution is 5.95. The summed E-state index contributed by atoms with van der Waals surface area (Å²) in [5, 5.41) is 3.14. The van der Waals surface area contributed by atoms with Gasteiger partial charge in [0.1, 0.15) is 5.75 Å². The van der Waals surface area contributed by atoms with Gasteiger partial charge in [-0.1, -0.05) is 20.3 Å². The molecule has 1 atom stereocenters. The van der Waals surface area contributed by atoms with Crippen LogP contribution in [-0.2, 0) is 0 Å². The number of benzene rings is 1. The Hall–Kier alpha value is -1.71. The van der Waals surface area contributed by atoms with Crippen LogP contribution in [-0.4, -0.2) is 18.6 Å². The minimum Gasteiger partial charge on any atom is -0.494 e. The summed E-state index contributed by atoms with van der Waals surface area (Å²) in [6, 6.07) is 5.44. The van der Waals surface area contributed by atoms with Gasteiger partial charge in [-0.3, -0.25) is 4.79 Å². The Morgan fingerprint density at radius 2 is 2.19 bits per heavy atom. The van der Waals surface area contributed by atoms with Crippen LogP contribution in [0, 0.1) is 5.41 Å². The van der Waals surface area contributed by atoms with Crippen molar-refractivity contribution in [2.45, 2.75) is 52.5 Å². The second kappa shape index (κ2) is 6.37. The first kappa shape index (κ1) is 15.7. The lowest BCUT2D eigenvalue weighted by molar-refractivity contribution is 0.0902. The van der Waals surface area contributed by atoms with Crippen LogP contribution >= 0.6 is 0 Å². The van der Waals surface area contributed by atoms with Crippen LogP contribution in [0.25, 0.3) is 0 Å². The first-order valence-corrected chi connectivity index (χ1v) is 7.74. The quantitative estimate of drug-likeness (QED) is 0.836. The number of ether oxygens (including phenoxy) is 1. The Balaban J connectivity index is 2.06. The fraction of sp³-hybridized carbons (Fsp3) is 0.588. The number of nitrogens with two attached hydrogens (primary N) is 1. The summed E-state index contributed by atoms with van der Waals surface area (Å²) in [6.45, 7) is 6.99. The van der Waals surface area contributed by atoms with E-state index in [-0.39, 0.29) is 11.9 Å². The minimum atomic E-state index is -0.0639. The molecule has 0 radical (unpaired) electrons. The molecule has 1 saturated carbocycles. The maximum absolute atomic E-state index is 12.4. The summed E-state index contributed by atoms with van der Waals surface area (Å²) in [5.41, 5.74) is 7.27. The predicted octanol–water partition coefficient (Wildman–Crippen LogP) is 3.37. The fourth-order valence-electron chi connectivity index (χ4n) is 3.09. The Labute approximate surface area is 127 Å². The van der Waals surface area contributed by atoms with Crippen LogP contribution in [0.2, 0.25) is 0 Å². The van der Waals surface area contributed by atoms with Gasteiger partial charge in [0, 0.05) is 23.4 Å². The molecule has 2 rings (SSSR count). The highest BCUT2D eigenvalue weighted by atomic mass is 16.5. The van der Waals surface area contributed by atoms with E-state index in [0.717, 1.165) is 12.8 Å². The Kier molecular flexibility index (Phi) is 4.76. The van der Waals surface area contributed by atoms with E-state index in [9.17, 15) is 4.79 Å². The molecule has 3 N–H and O–H groups in total. The van der Waals surface area contributed by atoms with Gasteiger partial charge < -0.3 is 15.8 Å². The maximum Gasteiger partial charge on any atom is 0.251 e. The molecule has 4 heteroatoms. The third kappa shape index (κ3) is 4.38. The van der Waals surface area contributed by atoms with Crippen LogP contribution in [0.1, 0.15) is 56.8 Å². The van der Waals surface area contributed by atoms with E-state index in [4.69, 9.17) is 10.5 Å². The van der Waals surface area contributed by atoms with Gasteiger partial charge in [-0.2, -0.15) is 0 Å². The number of carbonyl (C=O) groups excluding carboxylic acids is 1. The molecule has 0 aliphatic heterocycles. The molecule has 0 saturated heterocycles. The Bertz CT molecular complexity index is 512. The molecule has 0 bridgehead atoms. The minimum absolute atomic E-state index is 0.0639. The summed E-state index contributed by atoms with van der Waals surface area (Å²) < 4.78 is 5.44. The number of nitrogens with one attached hydrogen (secondary N) is 1. The SMILES string of the molecule is CCOc1cc(N)cc(C(=O)NC2CCCC(C)(C)C2)c1. The van der Waals surface area contributed by atoms with Crippen molar-refractivity contribution in [3.05, 3.63) is 23.8 Å². The molecule has 0 spiro atoms. The first-order chi connectivity index (χ1) is 9.89. The average molecular weight is 290 g/mol. The van der Waals surface area contributed by atoms with Gasteiger partial charge in [0.2, 0.25) is 0 Å². The molecule has 1 unspecified atom stereocenters. The summed E-state index contributed by atoms with van der Waals surface area (Å²) in [4.78, 5) is 12.4. The lowest BCUT2D eigenvalue weighted by atomic mass is 9.75. The van der Waals surface area contributed by atoms with Gasteiger partial charge in [0.05, 0.1) is 6.61 Å². The zero-order valence-corrected chi connectivity index (χ0v) is 13.2. The molecule has 0 aromatic heterocycles. The number of nitrogen functional groups attached to an aromatic ring is 1. The fourth-order valence-corrected chi connectivity index (χ4v) is 3.09. The molecule has 21 heavy (non-hydrogen) atoms. The topological polar surface area (TPSA) is 64.3 Å². The van der Waals surface area contributed by atoms with Crippen molar-refractivity contribution in [1.82, 2.24) is 5.32 Å². The normalized spacial score (nSPS) is 20.8. The highest BCUT2D eigenvalue weighted by Gasteiger charge is 2.29. The van der Waals surface area contributed by atoms with Crippen molar-refractivity contribution < 1.29 is 9.53 Å². The summed E-state index contributed by atoms with van der Waals surface area (Å²) >= 11 is 0. The number of hydrogen-bond acceptors (Lipinski definition) is 3. The lowest BCUT2D eigenvalue weighted by Gasteiger charge is -2.35. The molecule has 1 amide bonds. The van der Waals surface area contributed by atoms with Gasteiger partial charge in [0.25, 0.3) is 5.91 Å². The van der Waals surface area contributed by atoms with E-state index in [2.05, 4.69) is 19.2 Å². The number of carbonyl (C=O) groups is 1. The lowest BCUT2D eigenvalue weighted by Crippen LogP contribution is -2.40. The zero-order valence-electron chi connectivity index (χ0n) is 13.2. The van der Waals surface area contributed by atoms with E-state index < -0.39 is 0 Å². The molecule has 1 fully saturated rings. The van der Waals surface area contributed by atoms with Gasteiger partial charge in [-0.25, -0.2) is 0 Å². The molecule has 1 aromatic carbocycles. The zero-order chi connectivity index (χ0) is 15.5. The monoisotopic (exact) mass is 290 g/mol. The largest absolute Gasteiger partial charge is 0.494 e. The van der Waals surface area contributed by atoms with Gasteiger partial charge >= 0.3 is 0 Å². The van der Waals surface area contributed by atoms with Gasteiger partial charge in [0.15, 0.2) is 0 Å². The molecule has 1 aliphatic carbocycles. The summed E-state index contributed by atoms with van der Waals surface area (Å²) in [5.74, 6) is 0.581. The van der Waals surface area contributed by atoms with Crippen molar-refractivity contribution in [2.24, 2.45) is 5.41 Å². The molecule has 116 valence electrons. The number of amides is 1. The third-order valence-electron chi connectivity index (χ3n) is 4.04. The van der Waals surface area contributed by atoms with E-state index >= 15 is 0 Å².